The van der Waals surface area contributed by atoms with Gasteiger partial charge in [-0.3, -0.25) is 14.9 Å². The van der Waals surface area contributed by atoms with Crippen molar-refractivity contribution >= 4 is 40.4 Å². The second-order valence-corrected chi connectivity index (χ2v) is 4.37. The average Bonchev–Trinajstić information content (AvgIpc) is 2.75. The maximum atomic E-state index is 11.9. The second-order valence-electron chi connectivity index (χ2n) is 3.96. The summed E-state index contributed by atoms with van der Waals surface area (Å²) in [6, 6.07) is 5.65. The molecule has 0 N–H and O–H groups in total. The van der Waals surface area contributed by atoms with Crippen LogP contribution in [0.3, 0.4) is 0 Å². The molecule has 0 spiro atoms. The van der Waals surface area contributed by atoms with Crippen LogP contribution in [0.4, 0.5) is 11.4 Å². The number of alkyl halides is 1. The van der Waals surface area contributed by atoms with Crippen LogP contribution in [0.1, 0.15) is 6.92 Å². The number of ether oxygens (including phenoxy) is 1. The molecular formula is C12H10ClN3O5. The average molecular weight is 312 g/mol. The van der Waals surface area contributed by atoms with Gasteiger partial charge in [0, 0.05) is 6.07 Å². The van der Waals surface area contributed by atoms with E-state index in [1.165, 1.54) is 24.3 Å². The number of carbonyl (C=O) groups is 2. The van der Waals surface area contributed by atoms with E-state index in [-0.39, 0.29) is 18.0 Å². The van der Waals surface area contributed by atoms with Gasteiger partial charge >= 0.3 is 5.97 Å². The third-order valence-corrected chi connectivity index (χ3v) is 3.05. The van der Waals surface area contributed by atoms with E-state index in [0.717, 1.165) is 5.01 Å². The number of anilines is 1. The van der Waals surface area contributed by atoms with E-state index in [9.17, 15) is 19.7 Å². The first-order valence-corrected chi connectivity index (χ1v) is 6.37. The smallest absolute Gasteiger partial charge is 0.362 e. The van der Waals surface area contributed by atoms with E-state index in [4.69, 9.17) is 16.3 Å². The molecule has 0 saturated heterocycles. The fourth-order valence-electron chi connectivity index (χ4n) is 1.76. The summed E-state index contributed by atoms with van der Waals surface area (Å²) in [5, 5.41) is 15.7. The highest BCUT2D eigenvalue weighted by molar-refractivity contribution is 6.70. The number of carbonyl (C=O) groups excluding carboxylic acids is 2. The molecule has 0 aliphatic carbocycles. The molecule has 21 heavy (non-hydrogen) atoms. The van der Waals surface area contributed by atoms with Crippen LogP contribution in [0.15, 0.2) is 29.4 Å². The topological polar surface area (TPSA) is 102 Å². The minimum absolute atomic E-state index is 0.0233. The Morgan fingerprint density at radius 3 is 2.81 bits per heavy atom. The summed E-state index contributed by atoms with van der Waals surface area (Å²) in [5.41, 5.74) is -2.06. The van der Waals surface area contributed by atoms with Crippen LogP contribution in [0.5, 0.6) is 0 Å². The molecule has 1 heterocycles. The van der Waals surface area contributed by atoms with Gasteiger partial charge in [0.15, 0.2) is 5.50 Å². The summed E-state index contributed by atoms with van der Waals surface area (Å²) >= 11 is 5.91. The standard InChI is InChI=1S/C12H10ClN3O5/c1-2-21-12(18)9-10(17)11(13)15(14-9)7-5-3-4-6-8(7)16(19)20/h3-6,11H,2H2,1H3/t11-/m0/s1. The number of nitrogens with zero attached hydrogens (tertiary/aromatic N) is 3. The summed E-state index contributed by atoms with van der Waals surface area (Å²) < 4.78 is 4.70. The largest absolute Gasteiger partial charge is 0.461 e. The van der Waals surface area contributed by atoms with E-state index in [2.05, 4.69) is 5.10 Å². The lowest BCUT2D eigenvalue weighted by Crippen LogP contribution is -2.31. The Labute approximate surface area is 124 Å². The number of halogens is 1. The Hall–Kier alpha value is -2.48. The van der Waals surface area contributed by atoms with E-state index in [1.54, 1.807) is 6.92 Å². The van der Waals surface area contributed by atoms with Crippen molar-refractivity contribution in [2.75, 3.05) is 11.6 Å². The number of hydrogen-bond donors (Lipinski definition) is 0. The molecule has 9 heteroatoms. The van der Waals surface area contributed by atoms with Gasteiger partial charge in [-0.05, 0) is 13.0 Å². The van der Waals surface area contributed by atoms with Crippen LogP contribution in [0, 0.1) is 10.1 Å². The van der Waals surface area contributed by atoms with E-state index in [0.29, 0.717) is 0 Å². The molecular weight excluding hydrogens is 302 g/mol. The Balaban J connectivity index is 2.43. The van der Waals surface area contributed by atoms with Crippen molar-refractivity contribution in [2.45, 2.75) is 12.4 Å². The Morgan fingerprint density at radius 2 is 2.19 bits per heavy atom. The van der Waals surface area contributed by atoms with Crippen LogP contribution >= 0.6 is 11.6 Å². The van der Waals surface area contributed by atoms with Gasteiger partial charge < -0.3 is 4.74 Å². The van der Waals surface area contributed by atoms with Crippen molar-refractivity contribution in [3.05, 3.63) is 34.4 Å². The van der Waals surface area contributed by atoms with Gasteiger partial charge in [-0.1, -0.05) is 23.7 Å². The minimum Gasteiger partial charge on any atom is -0.461 e. The zero-order chi connectivity index (χ0) is 15.6. The van der Waals surface area contributed by atoms with Crippen molar-refractivity contribution < 1.29 is 19.2 Å². The van der Waals surface area contributed by atoms with Gasteiger partial charge in [-0.2, -0.15) is 5.10 Å². The molecule has 110 valence electrons. The molecule has 1 aliphatic rings. The van der Waals surface area contributed by atoms with Crippen LogP contribution in [0.2, 0.25) is 0 Å². The molecule has 0 fully saturated rings. The molecule has 8 nitrogen and oxygen atoms in total. The van der Waals surface area contributed by atoms with Crippen LogP contribution in [0.25, 0.3) is 0 Å². The highest BCUT2D eigenvalue weighted by Gasteiger charge is 2.41. The molecule has 1 aliphatic heterocycles. The number of ketones is 1. The molecule has 2 rings (SSSR count). The number of rotatable bonds is 4. The third kappa shape index (κ3) is 2.70. The monoisotopic (exact) mass is 311 g/mol. The maximum Gasteiger partial charge on any atom is 0.362 e. The van der Waals surface area contributed by atoms with E-state index < -0.39 is 27.9 Å². The summed E-state index contributed by atoms with van der Waals surface area (Å²) in [4.78, 5) is 33.9. The number of hydrazone groups is 1. The number of esters is 1. The molecule has 0 radical (unpaired) electrons. The highest BCUT2D eigenvalue weighted by Crippen LogP contribution is 2.33. The maximum absolute atomic E-state index is 11.9. The van der Waals surface area contributed by atoms with Gasteiger partial charge in [0.2, 0.25) is 11.5 Å². The summed E-state index contributed by atoms with van der Waals surface area (Å²) in [7, 11) is 0. The highest BCUT2D eigenvalue weighted by atomic mass is 35.5. The number of benzene rings is 1. The molecule has 1 aromatic rings. The van der Waals surface area contributed by atoms with Gasteiger partial charge in [-0.15, -0.1) is 0 Å². The van der Waals surface area contributed by atoms with Crippen molar-refractivity contribution in [1.82, 2.24) is 0 Å². The van der Waals surface area contributed by atoms with E-state index in [1.807, 2.05) is 0 Å². The molecule has 1 atom stereocenters. The molecule has 0 unspecified atom stereocenters. The SMILES string of the molecule is CCOC(=O)C1=NN(c2ccccc2[N+](=O)[O-])[C@H](Cl)C1=O. The predicted octanol–water partition coefficient (Wildman–Crippen LogP) is 1.47. The fourth-order valence-corrected chi connectivity index (χ4v) is 2.01. The zero-order valence-corrected chi connectivity index (χ0v) is 11.6. The normalized spacial score (nSPS) is 17.6. The summed E-state index contributed by atoms with van der Waals surface area (Å²) in [5.74, 6) is -1.66. The van der Waals surface area contributed by atoms with Crippen LogP contribution in [-0.2, 0) is 14.3 Å². The summed E-state index contributed by atoms with van der Waals surface area (Å²) in [6.45, 7) is 1.65. The number of Topliss-reactive ketones (excluding diaryl/α,β-unsaturated/α-hetero) is 1. The van der Waals surface area contributed by atoms with Crippen molar-refractivity contribution in [3.8, 4) is 0 Å². The Kier molecular flexibility index (Phi) is 4.18. The first kappa shape index (κ1) is 14.9. The minimum atomic E-state index is -1.33. The van der Waals surface area contributed by atoms with Crippen molar-refractivity contribution in [1.29, 1.82) is 0 Å². The Morgan fingerprint density at radius 1 is 1.52 bits per heavy atom. The number of hydrogen-bond acceptors (Lipinski definition) is 7. The van der Waals surface area contributed by atoms with Gasteiger partial charge in [-0.25, -0.2) is 9.80 Å². The Bertz CT molecular complexity index is 646. The van der Waals surface area contributed by atoms with Gasteiger partial charge in [0.1, 0.15) is 5.69 Å². The number of nitro benzene ring substituents is 1. The number of para-hydroxylation sites is 2. The molecule has 1 aromatic carbocycles. The lowest BCUT2D eigenvalue weighted by atomic mass is 10.2. The molecule has 0 bridgehead atoms. The summed E-state index contributed by atoms with van der Waals surface area (Å²) in [6.07, 6.45) is 0. The van der Waals surface area contributed by atoms with Crippen LogP contribution in [-0.4, -0.2) is 34.5 Å². The first-order chi connectivity index (χ1) is 9.97. The molecule has 0 saturated carbocycles. The third-order valence-electron chi connectivity index (χ3n) is 2.67. The zero-order valence-electron chi connectivity index (χ0n) is 10.9. The lowest BCUT2D eigenvalue weighted by Gasteiger charge is -2.16. The molecule has 0 amide bonds. The quantitative estimate of drug-likeness (QED) is 0.274. The van der Waals surface area contributed by atoms with Gasteiger partial charge in [0.25, 0.3) is 5.69 Å². The second kappa shape index (κ2) is 5.88. The van der Waals surface area contributed by atoms with Crippen molar-refractivity contribution in [2.24, 2.45) is 5.10 Å². The lowest BCUT2D eigenvalue weighted by molar-refractivity contribution is -0.384. The van der Waals surface area contributed by atoms with Crippen LogP contribution < -0.4 is 5.01 Å². The predicted molar refractivity (Wildman–Crippen MR) is 74.3 cm³/mol. The van der Waals surface area contributed by atoms with Crippen molar-refractivity contribution in [3.63, 3.8) is 0 Å². The van der Waals surface area contributed by atoms with E-state index >= 15 is 0 Å². The van der Waals surface area contributed by atoms with Gasteiger partial charge in [0.05, 0.1) is 11.5 Å². The first-order valence-electron chi connectivity index (χ1n) is 5.94. The number of nitro groups is 1. The molecule has 0 aromatic heterocycles. The fraction of sp³-hybridized carbons (Fsp3) is 0.250.